The molecule has 0 aromatic rings. The van der Waals surface area contributed by atoms with E-state index in [1.54, 1.807) is 6.34 Å². The van der Waals surface area contributed by atoms with Gasteiger partial charge in [0.15, 0.2) is 11.4 Å². The Bertz CT molecular complexity index is 513. The van der Waals surface area contributed by atoms with Gasteiger partial charge in [-0.3, -0.25) is 9.69 Å². The first-order valence-electron chi connectivity index (χ1n) is 9.00. The summed E-state index contributed by atoms with van der Waals surface area (Å²) in [6.07, 6.45) is 3.16. The molecule has 2 atom stereocenters. The summed E-state index contributed by atoms with van der Waals surface area (Å²) in [6.45, 7) is 16.0. The SMILES string of the molecule is CCN(CC)C1(CC)N(CC)C(=O)C2=NC=NC2(CC)N1CC. The Kier molecular flexibility index (Phi) is 5.26. The van der Waals surface area contributed by atoms with Crippen molar-refractivity contribution in [3.05, 3.63) is 0 Å². The van der Waals surface area contributed by atoms with Gasteiger partial charge in [-0.1, -0.05) is 34.6 Å². The molecule has 0 N–H and O–H groups in total. The molecule has 0 aromatic heterocycles. The van der Waals surface area contributed by atoms with E-state index in [1.165, 1.54) is 0 Å². The van der Waals surface area contributed by atoms with Gasteiger partial charge in [-0.25, -0.2) is 14.9 Å². The molecule has 6 nitrogen and oxygen atoms in total. The normalized spacial score (nSPS) is 31.0. The van der Waals surface area contributed by atoms with Crippen LogP contribution in [0.5, 0.6) is 0 Å². The molecule has 6 heteroatoms. The fraction of sp³-hybridized carbons (Fsp3) is 0.824. The van der Waals surface area contributed by atoms with E-state index in [0.29, 0.717) is 12.3 Å². The van der Waals surface area contributed by atoms with Crippen molar-refractivity contribution in [2.24, 2.45) is 9.98 Å². The average Bonchev–Trinajstić information content (AvgIpc) is 3.01. The molecule has 0 saturated carbocycles. The molecule has 130 valence electrons. The third-order valence-electron chi connectivity index (χ3n) is 5.47. The van der Waals surface area contributed by atoms with Gasteiger partial charge < -0.3 is 4.90 Å². The van der Waals surface area contributed by atoms with Gasteiger partial charge in [0.1, 0.15) is 12.1 Å². The number of rotatable bonds is 7. The summed E-state index contributed by atoms with van der Waals surface area (Å²) >= 11 is 0. The van der Waals surface area contributed by atoms with Gasteiger partial charge in [0.2, 0.25) is 0 Å². The van der Waals surface area contributed by atoms with Gasteiger partial charge in [-0.15, -0.1) is 0 Å². The van der Waals surface area contributed by atoms with Crippen molar-refractivity contribution in [3.8, 4) is 0 Å². The maximum Gasteiger partial charge on any atom is 0.274 e. The summed E-state index contributed by atoms with van der Waals surface area (Å²) in [6, 6.07) is 0. The Hall–Kier alpha value is -1.27. The number of hydrogen-bond donors (Lipinski definition) is 0. The number of carbonyl (C=O) groups is 1. The van der Waals surface area contributed by atoms with Crippen LogP contribution in [0.1, 0.15) is 54.4 Å². The number of carbonyl (C=O) groups excluding carboxylic acids is 1. The summed E-state index contributed by atoms with van der Waals surface area (Å²) < 4.78 is 0. The average molecular weight is 321 g/mol. The summed E-state index contributed by atoms with van der Waals surface area (Å²) in [7, 11) is 0. The van der Waals surface area contributed by atoms with E-state index in [-0.39, 0.29) is 5.91 Å². The van der Waals surface area contributed by atoms with Crippen molar-refractivity contribution in [3.63, 3.8) is 0 Å². The fourth-order valence-electron chi connectivity index (χ4n) is 4.54. The van der Waals surface area contributed by atoms with E-state index in [2.05, 4.69) is 56.3 Å². The van der Waals surface area contributed by atoms with Crippen molar-refractivity contribution in [2.45, 2.75) is 65.8 Å². The van der Waals surface area contributed by atoms with Crippen LogP contribution in [-0.2, 0) is 4.79 Å². The lowest BCUT2D eigenvalue weighted by molar-refractivity contribution is -0.205. The number of nitrogens with zero attached hydrogens (tertiary/aromatic N) is 5. The van der Waals surface area contributed by atoms with Gasteiger partial charge in [-0.2, -0.15) is 0 Å². The molecule has 0 aromatic carbocycles. The maximum absolute atomic E-state index is 13.2. The molecular formula is C17H31N5O. The quantitative estimate of drug-likeness (QED) is 0.722. The number of hydrogen-bond acceptors (Lipinski definition) is 5. The molecule has 1 saturated heterocycles. The van der Waals surface area contributed by atoms with E-state index in [1.807, 2.05) is 4.90 Å². The van der Waals surface area contributed by atoms with Crippen LogP contribution in [0, 0.1) is 0 Å². The third kappa shape index (κ3) is 2.18. The highest BCUT2D eigenvalue weighted by atomic mass is 16.2. The molecule has 2 heterocycles. The third-order valence-corrected chi connectivity index (χ3v) is 5.47. The first kappa shape index (κ1) is 18.1. The second-order valence-corrected chi connectivity index (χ2v) is 5.99. The van der Waals surface area contributed by atoms with Gasteiger partial charge in [0.25, 0.3) is 5.91 Å². The molecule has 2 rings (SSSR count). The standard InChI is InChI=1S/C17H31N5O/c1-7-16-14(18-13-19-16)15(23)21(11-5)17(8-2,22(16)12-6)20(9-3)10-4/h13H,7-12H2,1-6H3. The minimum absolute atomic E-state index is 0.0327. The lowest BCUT2D eigenvalue weighted by Gasteiger charge is -2.62. The molecule has 0 radical (unpaired) electrons. The Morgan fingerprint density at radius 1 is 1.04 bits per heavy atom. The van der Waals surface area contributed by atoms with Gasteiger partial charge >= 0.3 is 0 Å². The van der Waals surface area contributed by atoms with E-state index in [4.69, 9.17) is 4.99 Å². The summed E-state index contributed by atoms with van der Waals surface area (Å²) in [5, 5.41) is 0. The van der Waals surface area contributed by atoms with E-state index < -0.39 is 11.4 Å². The zero-order valence-electron chi connectivity index (χ0n) is 15.5. The highest BCUT2D eigenvalue weighted by molar-refractivity contribution is 6.45. The number of aliphatic imine (C=N–C) groups is 2. The van der Waals surface area contributed by atoms with Crippen molar-refractivity contribution in [2.75, 3.05) is 26.2 Å². The van der Waals surface area contributed by atoms with Gasteiger partial charge in [0, 0.05) is 13.1 Å². The van der Waals surface area contributed by atoms with Crippen LogP contribution in [0.3, 0.4) is 0 Å². The lowest BCUT2D eigenvalue weighted by Crippen LogP contribution is -2.81. The summed E-state index contributed by atoms with van der Waals surface area (Å²) in [4.78, 5) is 29.1. The van der Waals surface area contributed by atoms with Crippen molar-refractivity contribution >= 4 is 18.0 Å². The Labute approximate surface area is 140 Å². The number of fused-ring (bicyclic) bond motifs is 1. The highest BCUT2D eigenvalue weighted by Gasteiger charge is 2.62. The largest absolute Gasteiger partial charge is 0.306 e. The monoisotopic (exact) mass is 321 g/mol. The summed E-state index contributed by atoms with van der Waals surface area (Å²) in [5.41, 5.74) is -0.0317. The molecular weight excluding hydrogens is 290 g/mol. The molecule has 1 fully saturated rings. The first-order chi connectivity index (χ1) is 11.0. The maximum atomic E-state index is 13.2. The van der Waals surface area contributed by atoms with Crippen molar-refractivity contribution in [1.29, 1.82) is 0 Å². The van der Waals surface area contributed by atoms with E-state index in [0.717, 1.165) is 32.5 Å². The van der Waals surface area contributed by atoms with Gasteiger partial charge in [0.05, 0.1) is 0 Å². The highest BCUT2D eigenvalue weighted by Crippen LogP contribution is 2.43. The topological polar surface area (TPSA) is 51.5 Å². The predicted octanol–water partition coefficient (Wildman–Crippen LogP) is 2.17. The Balaban J connectivity index is 2.72. The van der Waals surface area contributed by atoms with Crippen LogP contribution in [0.2, 0.25) is 0 Å². The molecule has 0 aliphatic carbocycles. The smallest absolute Gasteiger partial charge is 0.274 e. The molecule has 0 spiro atoms. The second kappa shape index (κ2) is 6.69. The Morgan fingerprint density at radius 2 is 1.70 bits per heavy atom. The van der Waals surface area contributed by atoms with Crippen LogP contribution < -0.4 is 0 Å². The molecule has 1 amide bonds. The van der Waals surface area contributed by atoms with Crippen LogP contribution in [-0.4, -0.2) is 70.3 Å². The van der Waals surface area contributed by atoms with Crippen LogP contribution in [0.4, 0.5) is 0 Å². The van der Waals surface area contributed by atoms with Crippen molar-refractivity contribution in [1.82, 2.24) is 14.7 Å². The molecule has 2 aliphatic rings. The van der Waals surface area contributed by atoms with E-state index in [9.17, 15) is 4.79 Å². The molecule has 0 bridgehead atoms. The van der Waals surface area contributed by atoms with Crippen LogP contribution in [0.25, 0.3) is 0 Å². The second-order valence-electron chi connectivity index (χ2n) is 5.99. The lowest BCUT2D eigenvalue weighted by atomic mass is 9.89. The van der Waals surface area contributed by atoms with Gasteiger partial charge in [-0.05, 0) is 32.9 Å². The minimum atomic E-state index is -0.615. The summed E-state index contributed by atoms with van der Waals surface area (Å²) in [5.74, 6) is -0.411. The minimum Gasteiger partial charge on any atom is -0.306 e. The zero-order chi connectivity index (χ0) is 17.3. The fourth-order valence-corrected chi connectivity index (χ4v) is 4.54. The Morgan fingerprint density at radius 3 is 2.13 bits per heavy atom. The first-order valence-corrected chi connectivity index (χ1v) is 9.00. The van der Waals surface area contributed by atoms with Crippen LogP contribution in [0.15, 0.2) is 9.98 Å². The molecule has 2 aliphatic heterocycles. The predicted molar refractivity (Wildman–Crippen MR) is 94.7 cm³/mol. The van der Waals surface area contributed by atoms with Crippen molar-refractivity contribution < 1.29 is 4.79 Å². The molecule has 23 heavy (non-hydrogen) atoms. The van der Waals surface area contributed by atoms with E-state index >= 15 is 0 Å². The molecule has 2 unspecified atom stereocenters. The number of amides is 1. The zero-order valence-corrected chi connectivity index (χ0v) is 15.5. The van der Waals surface area contributed by atoms with Crippen LogP contribution >= 0.6 is 0 Å².